The van der Waals surface area contributed by atoms with Gasteiger partial charge in [-0.25, -0.2) is 9.59 Å². The van der Waals surface area contributed by atoms with Crippen LogP contribution < -0.4 is 5.32 Å². The van der Waals surface area contributed by atoms with Gasteiger partial charge >= 0.3 is 12.1 Å². The van der Waals surface area contributed by atoms with Gasteiger partial charge in [0.25, 0.3) is 0 Å². The van der Waals surface area contributed by atoms with E-state index in [1.165, 1.54) is 38.9 Å². The zero-order valence-corrected chi connectivity index (χ0v) is 20.9. The molecule has 0 saturated carbocycles. The predicted octanol–water partition coefficient (Wildman–Crippen LogP) is 4.71. The Bertz CT molecular complexity index is 1050. The molecule has 186 valence electrons. The van der Waals surface area contributed by atoms with E-state index in [0.29, 0.717) is 18.7 Å². The van der Waals surface area contributed by atoms with E-state index < -0.39 is 18.1 Å². The van der Waals surface area contributed by atoms with Crippen molar-refractivity contribution in [3.8, 4) is 11.1 Å². The average Bonchev–Trinajstić information content (AvgIpc) is 3.42. The molecule has 7 nitrogen and oxygen atoms in total. The van der Waals surface area contributed by atoms with E-state index in [0.717, 1.165) is 6.42 Å². The maximum atomic E-state index is 12.8. The van der Waals surface area contributed by atoms with Crippen LogP contribution in [0.5, 0.6) is 0 Å². The smallest absolute Gasteiger partial charge is 0.407 e. The van der Waals surface area contributed by atoms with Crippen LogP contribution in [0.15, 0.2) is 48.5 Å². The van der Waals surface area contributed by atoms with Crippen LogP contribution in [0.2, 0.25) is 0 Å². The van der Waals surface area contributed by atoms with Crippen molar-refractivity contribution >= 4 is 29.7 Å². The number of carbonyl (C=O) groups excluding carboxylic acids is 2. The number of aliphatic carboxylic acids is 1. The van der Waals surface area contributed by atoms with E-state index in [1.54, 1.807) is 0 Å². The second-order valence-corrected chi connectivity index (χ2v) is 10.4. The van der Waals surface area contributed by atoms with Crippen molar-refractivity contribution < 1.29 is 24.2 Å². The molecule has 1 saturated heterocycles. The Labute approximate surface area is 210 Å². The summed E-state index contributed by atoms with van der Waals surface area (Å²) in [5.74, 6) is -0.642. The minimum Gasteiger partial charge on any atom is -0.480 e. The maximum Gasteiger partial charge on any atom is 0.407 e. The lowest BCUT2D eigenvalue weighted by atomic mass is 9.98. The number of thioether (sulfide) groups is 1. The number of carboxylic acid groups (broad SMARTS) is 1. The summed E-state index contributed by atoms with van der Waals surface area (Å²) >= 11 is 1.52. The van der Waals surface area contributed by atoms with E-state index in [2.05, 4.69) is 29.6 Å². The molecule has 0 radical (unpaired) electrons. The molecule has 4 rings (SSSR count). The Morgan fingerprint density at radius 2 is 1.74 bits per heavy atom. The van der Waals surface area contributed by atoms with Gasteiger partial charge in [0.15, 0.2) is 0 Å². The van der Waals surface area contributed by atoms with Crippen LogP contribution in [0, 0.1) is 5.92 Å². The zero-order valence-electron chi connectivity index (χ0n) is 20.1. The summed E-state index contributed by atoms with van der Waals surface area (Å²) in [6, 6.07) is 15.6. The Morgan fingerprint density at radius 1 is 1.11 bits per heavy atom. The van der Waals surface area contributed by atoms with Crippen molar-refractivity contribution in [2.24, 2.45) is 5.92 Å². The minimum atomic E-state index is -0.952. The summed E-state index contributed by atoms with van der Waals surface area (Å²) < 4.78 is 5.56. The zero-order chi connectivity index (χ0) is 24.9. The highest BCUT2D eigenvalue weighted by Gasteiger charge is 2.40. The van der Waals surface area contributed by atoms with E-state index >= 15 is 0 Å². The van der Waals surface area contributed by atoms with Crippen LogP contribution >= 0.6 is 11.8 Å². The quantitative estimate of drug-likeness (QED) is 0.522. The molecule has 2 aliphatic rings. The van der Waals surface area contributed by atoms with Crippen molar-refractivity contribution in [1.29, 1.82) is 0 Å². The van der Waals surface area contributed by atoms with Gasteiger partial charge in [-0.05, 0) is 41.0 Å². The normalized spacial score (nSPS) is 19.7. The van der Waals surface area contributed by atoms with Gasteiger partial charge in [-0.2, -0.15) is 0 Å². The SMILES string of the molecule is CCC1SCC(C(=O)O)N1C(=O)CC(C)CCNC(=O)OCC1c2ccccc2-c2ccccc21. The van der Waals surface area contributed by atoms with Gasteiger partial charge in [0, 0.05) is 24.6 Å². The molecule has 2 N–H and O–H groups in total. The Kier molecular flexibility index (Phi) is 8.00. The van der Waals surface area contributed by atoms with Gasteiger partial charge in [0.1, 0.15) is 12.6 Å². The van der Waals surface area contributed by atoms with Gasteiger partial charge in [0.2, 0.25) is 5.91 Å². The lowest BCUT2D eigenvalue weighted by Crippen LogP contribution is -2.46. The van der Waals surface area contributed by atoms with E-state index in [4.69, 9.17) is 4.74 Å². The first-order valence-electron chi connectivity index (χ1n) is 12.1. The number of hydrogen-bond acceptors (Lipinski definition) is 5. The number of fused-ring (bicyclic) bond motifs is 3. The highest BCUT2D eigenvalue weighted by molar-refractivity contribution is 8.00. The summed E-state index contributed by atoms with van der Waals surface area (Å²) in [6.07, 6.45) is 1.11. The van der Waals surface area contributed by atoms with Crippen LogP contribution in [0.4, 0.5) is 4.79 Å². The number of benzene rings is 2. The molecule has 1 fully saturated rings. The predicted molar refractivity (Wildman–Crippen MR) is 136 cm³/mol. The minimum absolute atomic E-state index is 0.00828. The molecular formula is C27H32N2O5S. The number of ether oxygens (including phenoxy) is 1. The molecule has 0 bridgehead atoms. The molecule has 1 aliphatic carbocycles. The van der Waals surface area contributed by atoms with Crippen LogP contribution in [-0.2, 0) is 14.3 Å². The number of nitrogens with zero attached hydrogens (tertiary/aromatic N) is 1. The first-order valence-corrected chi connectivity index (χ1v) is 13.2. The molecule has 2 aromatic carbocycles. The summed E-state index contributed by atoms with van der Waals surface area (Å²) in [6.45, 7) is 4.55. The monoisotopic (exact) mass is 496 g/mol. The third-order valence-corrected chi connectivity index (χ3v) is 8.24. The first kappa shape index (κ1) is 25.1. The largest absolute Gasteiger partial charge is 0.480 e. The van der Waals surface area contributed by atoms with E-state index in [-0.39, 0.29) is 36.1 Å². The molecule has 0 aromatic heterocycles. The first-order chi connectivity index (χ1) is 16.9. The molecule has 1 heterocycles. The van der Waals surface area contributed by atoms with Gasteiger partial charge in [-0.15, -0.1) is 11.8 Å². The van der Waals surface area contributed by atoms with Gasteiger partial charge < -0.3 is 20.1 Å². The molecule has 35 heavy (non-hydrogen) atoms. The molecule has 3 atom stereocenters. The molecular weight excluding hydrogens is 464 g/mol. The Hall–Kier alpha value is -3.00. The highest BCUT2D eigenvalue weighted by Crippen LogP contribution is 2.44. The molecule has 0 spiro atoms. The Morgan fingerprint density at radius 3 is 2.34 bits per heavy atom. The summed E-state index contributed by atoms with van der Waals surface area (Å²) in [5, 5.41) is 12.2. The van der Waals surface area contributed by atoms with Crippen molar-refractivity contribution in [2.75, 3.05) is 18.9 Å². The fourth-order valence-electron chi connectivity index (χ4n) is 4.98. The molecule has 1 aliphatic heterocycles. The Balaban J connectivity index is 1.23. The number of amides is 2. The number of carbonyl (C=O) groups is 3. The second kappa shape index (κ2) is 11.2. The summed E-state index contributed by atoms with van der Waals surface area (Å²) in [7, 11) is 0. The van der Waals surface area contributed by atoms with Crippen LogP contribution in [0.25, 0.3) is 11.1 Å². The lowest BCUT2D eigenvalue weighted by molar-refractivity contribution is -0.149. The lowest BCUT2D eigenvalue weighted by Gasteiger charge is -2.28. The topological polar surface area (TPSA) is 95.9 Å². The van der Waals surface area contributed by atoms with Gasteiger partial charge in [-0.1, -0.05) is 62.4 Å². The standard InChI is InChI=1S/C27H32N2O5S/c1-3-25-29(23(16-35-25)26(31)32)24(30)14-17(2)12-13-28-27(33)34-15-22-20-10-6-4-8-18(20)19-9-5-7-11-21(19)22/h4-11,17,22-23,25H,3,12-16H2,1-2H3,(H,28,33)(H,31,32). The summed E-state index contributed by atoms with van der Waals surface area (Å²) in [5.41, 5.74) is 4.70. The fraction of sp³-hybridized carbons (Fsp3) is 0.444. The van der Waals surface area contributed by atoms with Crippen molar-refractivity contribution in [3.63, 3.8) is 0 Å². The van der Waals surface area contributed by atoms with Crippen molar-refractivity contribution in [2.45, 2.75) is 50.4 Å². The number of nitrogens with one attached hydrogen (secondary N) is 1. The molecule has 8 heteroatoms. The van der Waals surface area contributed by atoms with Crippen molar-refractivity contribution in [1.82, 2.24) is 10.2 Å². The number of rotatable bonds is 9. The average molecular weight is 497 g/mol. The summed E-state index contributed by atoms with van der Waals surface area (Å²) in [4.78, 5) is 38.3. The molecule has 2 aromatic rings. The van der Waals surface area contributed by atoms with Crippen LogP contribution in [-0.4, -0.2) is 58.3 Å². The van der Waals surface area contributed by atoms with E-state index in [1.807, 2.05) is 38.1 Å². The number of carboxylic acids is 1. The van der Waals surface area contributed by atoms with Crippen molar-refractivity contribution in [3.05, 3.63) is 59.7 Å². The third kappa shape index (κ3) is 5.48. The second-order valence-electron chi connectivity index (χ2n) is 9.20. The third-order valence-electron chi connectivity index (χ3n) is 6.79. The van der Waals surface area contributed by atoms with Crippen LogP contribution in [0.1, 0.15) is 50.2 Å². The van der Waals surface area contributed by atoms with Gasteiger partial charge in [-0.3, -0.25) is 4.79 Å². The van der Waals surface area contributed by atoms with Crippen LogP contribution in [0.3, 0.4) is 0 Å². The van der Waals surface area contributed by atoms with Gasteiger partial charge in [0.05, 0.1) is 5.37 Å². The molecule has 2 amide bonds. The fourth-order valence-corrected chi connectivity index (χ4v) is 6.35. The molecule has 3 unspecified atom stereocenters. The number of alkyl carbamates (subject to hydrolysis) is 1. The highest BCUT2D eigenvalue weighted by atomic mass is 32.2. The maximum absolute atomic E-state index is 12.8. The number of hydrogen-bond donors (Lipinski definition) is 2. The van der Waals surface area contributed by atoms with E-state index in [9.17, 15) is 19.5 Å².